The molecule has 0 amide bonds. The van der Waals surface area contributed by atoms with Crippen LogP contribution in [0.1, 0.15) is 11.4 Å². The number of rotatable bonds is 3. The van der Waals surface area contributed by atoms with Gasteiger partial charge in [-0.25, -0.2) is 10.1 Å². The van der Waals surface area contributed by atoms with Crippen molar-refractivity contribution in [1.29, 1.82) is 0 Å². The van der Waals surface area contributed by atoms with E-state index in [9.17, 15) is 5.11 Å². The highest BCUT2D eigenvalue weighted by atomic mass is 127. The third-order valence-electron chi connectivity index (χ3n) is 2.29. The lowest BCUT2D eigenvalue weighted by atomic mass is 10.2. The fourth-order valence-electron chi connectivity index (χ4n) is 1.29. The van der Waals surface area contributed by atoms with Gasteiger partial charge in [0.05, 0.1) is 9.78 Å². The second-order valence-corrected chi connectivity index (χ2v) is 5.71. The number of nitrogen functional groups attached to an aromatic ring is 1. The molecule has 1 heterocycles. The molecule has 0 aliphatic carbocycles. The fraction of sp³-hybridized carbons (Fsp3) is 0.100. The van der Waals surface area contributed by atoms with Crippen LogP contribution in [0.4, 0.5) is 5.95 Å². The fourth-order valence-corrected chi connectivity index (χ4v) is 2.84. The molecule has 0 atom stereocenters. The Morgan fingerprint density at radius 2 is 2.26 bits per heavy atom. The Kier molecular flexibility index (Phi) is 4.24. The molecule has 0 saturated carbocycles. The average Bonchev–Trinajstić information content (AvgIpc) is 2.67. The van der Waals surface area contributed by atoms with Gasteiger partial charge in [-0.3, -0.25) is 0 Å². The van der Waals surface area contributed by atoms with E-state index in [4.69, 9.17) is 5.84 Å². The van der Waals surface area contributed by atoms with Crippen molar-refractivity contribution in [3.05, 3.63) is 31.6 Å². The number of hydrazone groups is 1. The lowest BCUT2D eigenvalue weighted by Gasteiger charge is -2.03. The van der Waals surface area contributed by atoms with Gasteiger partial charge in [0.25, 0.3) is 5.95 Å². The summed E-state index contributed by atoms with van der Waals surface area (Å²) >= 11 is 5.39. The highest BCUT2D eigenvalue weighted by Gasteiger charge is 2.06. The van der Waals surface area contributed by atoms with Crippen LogP contribution in [0.15, 0.2) is 21.7 Å². The van der Waals surface area contributed by atoms with Gasteiger partial charge in [0.1, 0.15) is 5.75 Å². The van der Waals surface area contributed by atoms with Crippen LogP contribution >= 0.6 is 38.5 Å². The van der Waals surface area contributed by atoms with Gasteiger partial charge in [0, 0.05) is 10.0 Å². The van der Waals surface area contributed by atoms with Gasteiger partial charge >= 0.3 is 0 Å². The van der Waals surface area contributed by atoms with Gasteiger partial charge in [-0.2, -0.15) is 5.10 Å². The molecule has 0 aliphatic heterocycles. The minimum atomic E-state index is 0.166. The van der Waals surface area contributed by atoms with Gasteiger partial charge in [-0.1, -0.05) is 15.9 Å². The summed E-state index contributed by atoms with van der Waals surface area (Å²) in [5, 5.41) is 21.4. The number of aromatic hydroxyl groups is 1. The van der Waals surface area contributed by atoms with E-state index in [0.29, 0.717) is 17.3 Å². The molecule has 0 unspecified atom stereocenters. The molecule has 0 fully saturated rings. The molecule has 0 spiro atoms. The van der Waals surface area contributed by atoms with Gasteiger partial charge < -0.3 is 10.9 Å². The predicted octanol–water partition coefficient (Wildman–Crippen LogP) is 1.82. The number of phenolic OH excluding ortho intramolecular Hbond substituents is 1. The molecule has 7 nitrogen and oxygen atoms in total. The van der Waals surface area contributed by atoms with Crippen LogP contribution in [-0.2, 0) is 0 Å². The van der Waals surface area contributed by atoms with Gasteiger partial charge in [0.2, 0.25) is 0 Å². The summed E-state index contributed by atoms with van der Waals surface area (Å²) in [6.07, 6.45) is 1.48. The van der Waals surface area contributed by atoms with Gasteiger partial charge in [-0.05, 0) is 41.6 Å². The zero-order valence-corrected chi connectivity index (χ0v) is 13.5. The average molecular weight is 437 g/mol. The SMILES string of the molecule is Cc1nnc(N/N=C\c2cc(Br)cc(I)c2O)n1N. The normalized spacial score (nSPS) is 11.1. The maximum atomic E-state index is 9.87. The highest BCUT2D eigenvalue weighted by molar-refractivity contribution is 14.1. The number of halogens is 2. The predicted molar refractivity (Wildman–Crippen MR) is 84.6 cm³/mol. The first-order valence-corrected chi connectivity index (χ1v) is 7.00. The van der Waals surface area contributed by atoms with Gasteiger partial charge in [0.15, 0.2) is 5.82 Å². The smallest absolute Gasteiger partial charge is 0.263 e. The van der Waals surface area contributed by atoms with Crippen molar-refractivity contribution in [2.24, 2.45) is 5.10 Å². The van der Waals surface area contributed by atoms with Crippen LogP contribution < -0.4 is 11.3 Å². The molecule has 4 N–H and O–H groups in total. The standard InChI is InChI=1S/C10H10BrIN6O/c1-5-15-17-10(18(5)13)16-14-4-6-2-7(11)3-8(12)9(6)19/h2-4,19H,13H2,1H3,(H,16,17)/b14-4-. The minimum Gasteiger partial charge on any atom is -0.506 e. The monoisotopic (exact) mass is 436 g/mol. The Morgan fingerprint density at radius 1 is 1.53 bits per heavy atom. The molecule has 2 rings (SSSR count). The van der Waals surface area contributed by atoms with Crippen LogP contribution in [0.5, 0.6) is 5.75 Å². The number of benzene rings is 1. The van der Waals surface area contributed by atoms with E-state index >= 15 is 0 Å². The summed E-state index contributed by atoms with van der Waals surface area (Å²) in [7, 11) is 0. The second kappa shape index (κ2) is 5.74. The van der Waals surface area contributed by atoms with E-state index < -0.39 is 0 Å². The van der Waals surface area contributed by atoms with Crippen molar-refractivity contribution in [2.75, 3.05) is 11.3 Å². The Hall–Kier alpha value is -1.36. The number of nitrogens with one attached hydrogen (secondary N) is 1. The molecule has 0 radical (unpaired) electrons. The Morgan fingerprint density at radius 3 is 2.89 bits per heavy atom. The molecule has 9 heteroatoms. The molecule has 1 aromatic heterocycles. The number of aryl methyl sites for hydroxylation is 1. The number of nitrogens with two attached hydrogens (primary N) is 1. The second-order valence-electron chi connectivity index (χ2n) is 3.64. The summed E-state index contributed by atoms with van der Waals surface area (Å²) in [6, 6.07) is 3.56. The Balaban J connectivity index is 2.18. The number of phenols is 1. The molecular weight excluding hydrogens is 427 g/mol. The highest BCUT2D eigenvalue weighted by Crippen LogP contribution is 2.27. The number of hydrogen-bond acceptors (Lipinski definition) is 6. The molecule has 0 aliphatic rings. The molecule has 0 bridgehead atoms. The van der Waals surface area contributed by atoms with Crippen molar-refractivity contribution in [2.45, 2.75) is 6.92 Å². The molecule has 0 saturated heterocycles. The van der Waals surface area contributed by atoms with Crippen molar-refractivity contribution in [3.8, 4) is 5.75 Å². The third kappa shape index (κ3) is 3.15. The Bertz CT molecular complexity index is 641. The number of anilines is 1. The van der Waals surface area contributed by atoms with Crippen LogP contribution in [0.25, 0.3) is 0 Å². The van der Waals surface area contributed by atoms with E-state index in [1.165, 1.54) is 10.9 Å². The van der Waals surface area contributed by atoms with E-state index in [-0.39, 0.29) is 5.75 Å². The van der Waals surface area contributed by atoms with Crippen LogP contribution in [-0.4, -0.2) is 26.2 Å². The third-order valence-corrected chi connectivity index (χ3v) is 3.57. The topological polar surface area (TPSA) is 101 Å². The lowest BCUT2D eigenvalue weighted by Crippen LogP contribution is -2.13. The molecular formula is C10H10BrIN6O. The molecule has 2 aromatic rings. The largest absolute Gasteiger partial charge is 0.506 e. The first kappa shape index (κ1) is 14.1. The quantitative estimate of drug-likeness (QED) is 0.295. The minimum absolute atomic E-state index is 0.166. The maximum Gasteiger partial charge on any atom is 0.263 e. The molecule has 19 heavy (non-hydrogen) atoms. The summed E-state index contributed by atoms with van der Waals surface area (Å²) in [5.41, 5.74) is 3.23. The van der Waals surface area contributed by atoms with E-state index in [2.05, 4.69) is 36.7 Å². The lowest BCUT2D eigenvalue weighted by molar-refractivity contribution is 0.470. The van der Waals surface area contributed by atoms with Gasteiger partial charge in [-0.15, -0.1) is 10.2 Å². The number of aromatic nitrogens is 3. The summed E-state index contributed by atoms with van der Waals surface area (Å²) in [4.78, 5) is 0. The van der Waals surface area contributed by atoms with Crippen LogP contribution in [0.2, 0.25) is 0 Å². The van der Waals surface area contributed by atoms with Crippen molar-refractivity contribution in [3.63, 3.8) is 0 Å². The first-order valence-electron chi connectivity index (χ1n) is 5.13. The van der Waals surface area contributed by atoms with Crippen LogP contribution in [0, 0.1) is 10.5 Å². The maximum absolute atomic E-state index is 9.87. The zero-order chi connectivity index (χ0) is 14.0. The summed E-state index contributed by atoms with van der Waals surface area (Å²) in [5.74, 6) is 6.71. The van der Waals surface area contributed by atoms with Crippen molar-refractivity contribution in [1.82, 2.24) is 14.9 Å². The number of hydrogen-bond donors (Lipinski definition) is 3. The molecule has 100 valence electrons. The first-order chi connectivity index (χ1) is 8.99. The van der Waals surface area contributed by atoms with E-state index in [1.54, 1.807) is 19.1 Å². The molecule has 1 aromatic carbocycles. The van der Waals surface area contributed by atoms with Crippen LogP contribution in [0.3, 0.4) is 0 Å². The van der Waals surface area contributed by atoms with Crippen molar-refractivity contribution >= 4 is 50.7 Å². The number of nitrogens with zero attached hydrogens (tertiary/aromatic N) is 4. The van der Waals surface area contributed by atoms with E-state index in [1.807, 2.05) is 22.6 Å². The summed E-state index contributed by atoms with van der Waals surface area (Å²) in [6.45, 7) is 1.73. The summed E-state index contributed by atoms with van der Waals surface area (Å²) < 4.78 is 2.86. The zero-order valence-electron chi connectivity index (χ0n) is 9.80. The van der Waals surface area contributed by atoms with E-state index in [0.717, 1.165) is 8.04 Å². The Labute approximate surface area is 131 Å². The van der Waals surface area contributed by atoms with Crippen molar-refractivity contribution < 1.29 is 5.11 Å².